The first kappa shape index (κ1) is 15.0. The van der Waals surface area contributed by atoms with E-state index in [0.717, 1.165) is 43.4 Å². The van der Waals surface area contributed by atoms with Gasteiger partial charge in [-0.25, -0.2) is 9.97 Å². The molecule has 6 nitrogen and oxygen atoms in total. The molecular weight excluding hydrogens is 280 g/mol. The number of aromatic nitrogens is 2. The molecule has 2 aromatic heterocycles. The molecule has 3 rings (SSSR count). The van der Waals surface area contributed by atoms with Gasteiger partial charge in [0.1, 0.15) is 11.6 Å². The molecule has 0 amide bonds. The lowest BCUT2D eigenvalue weighted by atomic mass is 10.2. The summed E-state index contributed by atoms with van der Waals surface area (Å²) in [6.45, 7) is 6.07. The SMILES string of the molecule is CCN(C)c1ccnc([C@@H]2COCCN2Cc2ccoc2)n1. The van der Waals surface area contributed by atoms with Gasteiger partial charge in [-0.1, -0.05) is 0 Å². The molecule has 0 N–H and O–H groups in total. The van der Waals surface area contributed by atoms with Gasteiger partial charge in [-0.15, -0.1) is 0 Å². The average Bonchev–Trinajstić information content (AvgIpc) is 3.08. The fourth-order valence-electron chi connectivity index (χ4n) is 2.58. The summed E-state index contributed by atoms with van der Waals surface area (Å²) in [6.07, 6.45) is 5.32. The van der Waals surface area contributed by atoms with Crippen LogP contribution in [0.4, 0.5) is 5.82 Å². The Bertz CT molecular complexity index is 588. The predicted molar refractivity (Wildman–Crippen MR) is 83.7 cm³/mol. The zero-order valence-corrected chi connectivity index (χ0v) is 13.1. The third kappa shape index (κ3) is 3.28. The van der Waals surface area contributed by atoms with Crippen molar-refractivity contribution < 1.29 is 9.15 Å². The van der Waals surface area contributed by atoms with Gasteiger partial charge in [0.25, 0.3) is 0 Å². The number of hydrogen-bond acceptors (Lipinski definition) is 6. The molecule has 2 aromatic rings. The van der Waals surface area contributed by atoms with E-state index in [9.17, 15) is 0 Å². The second-order valence-electron chi connectivity index (χ2n) is 5.48. The summed E-state index contributed by atoms with van der Waals surface area (Å²) in [5, 5.41) is 0. The zero-order valence-electron chi connectivity index (χ0n) is 13.1. The van der Waals surface area contributed by atoms with Crippen molar-refractivity contribution in [1.29, 1.82) is 0 Å². The molecule has 0 unspecified atom stereocenters. The summed E-state index contributed by atoms with van der Waals surface area (Å²) in [5.41, 5.74) is 1.16. The van der Waals surface area contributed by atoms with Crippen molar-refractivity contribution in [2.75, 3.05) is 38.3 Å². The van der Waals surface area contributed by atoms with Crippen molar-refractivity contribution >= 4 is 5.82 Å². The Morgan fingerprint density at radius 1 is 1.41 bits per heavy atom. The van der Waals surface area contributed by atoms with E-state index in [0.29, 0.717) is 6.61 Å². The van der Waals surface area contributed by atoms with Crippen LogP contribution in [-0.2, 0) is 11.3 Å². The first-order valence-electron chi connectivity index (χ1n) is 7.65. The molecule has 1 atom stereocenters. The maximum Gasteiger partial charge on any atom is 0.150 e. The number of furan rings is 1. The van der Waals surface area contributed by atoms with Crippen molar-refractivity contribution in [2.45, 2.75) is 19.5 Å². The Hall–Kier alpha value is -1.92. The number of ether oxygens (including phenoxy) is 1. The number of morpholine rings is 1. The van der Waals surface area contributed by atoms with Crippen LogP contribution in [0.15, 0.2) is 35.3 Å². The monoisotopic (exact) mass is 302 g/mol. The van der Waals surface area contributed by atoms with Crippen molar-refractivity contribution in [3.8, 4) is 0 Å². The maximum atomic E-state index is 5.65. The molecule has 1 saturated heterocycles. The minimum Gasteiger partial charge on any atom is -0.472 e. The molecule has 0 radical (unpaired) electrons. The lowest BCUT2D eigenvalue weighted by molar-refractivity contribution is -0.0159. The van der Waals surface area contributed by atoms with Crippen molar-refractivity contribution in [3.63, 3.8) is 0 Å². The van der Waals surface area contributed by atoms with E-state index in [1.807, 2.05) is 25.4 Å². The molecule has 0 spiro atoms. The van der Waals surface area contributed by atoms with E-state index < -0.39 is 0 Å². The van der Waals surface area contributed by atoms with E-state index in [2.05, 4.69) is 21.7 Å². The molecule has 1 fully saturated rings. The lowest BCUT2D eigenvalue weighted by Gasteiger charge is -2.34. The van der Waals surface area contributed by atoms with Crippen LogP contribution in [0.25, 0.3) is 0 Å². The van der Waals surface area contributed by atoms with E-state index in [1.165, 1.54) is 0 Å². The number of rotatable bonds is 5. The van der Waals surface area contributed by atoms with E-state index in [1.54, 1.807) is 12.5 Å². The van der Waals surface area contributed by atoms with Crippen molar-refractivity contribution in [3.05, 3.63) is 42.2 Å². The fraction of sp³-hybridized carbons (Fsp3) is 0.500. The van der Waals surface area contributed by atoms with Gasteiger partial charge < -0.3 is 14.1 Å². The Morgan fingerprint density at radius 2 is 2.32 bits per heavy atom. The summed E-state index contributed by atoms with van der Waals surface area (Å²) in [4.78, 5) is 13.6. The first-order valence-corrected chi connectivity index (χ1v) is 7.65. The second-order valence-corrected chi connectivity index (χ2v) is 5.48. The van der Waals surface area contributed by atoms with Crippen LogP contribution in [-0.4, -0.2) is 48.2 Å². The Morgan fingerprint density at radius 3 is 3.09 bits per heavy atom. The van der Waals surface area contributed by atoms with Gasteiger partial charge in [-0.2, -0.15) is 0 Å². The molecule has 6 heteroatoms. The van der Waals surface area contributed by atoms with Gasteiger partial charge in [0, 0.05) is 38.4 Å². The summed E-state index contributed by atoms with van der Waals surface area (Å²) in [5.74, 6) is 1.77. The topological polar surface area (TPSA) is 54.6 Å². The smallest absolute Gasteiger partial charge is 0.150 e. The molecule has 1 aliphatic rings. The van der Waals surface area contributed by atoms with Gasteiger partial charge >= 0.3 is 0 Å². The van der Waals surface area contributed by atoms with Gasteiger partial charge in [-0.3, -0.25) is 4.90 Å². The minimum absolute atomic E-state index is 0.0776. The van der Waals surface area contributed by atoms with E-state index in [4.69, 9.17) is 14.1 Å². The molecular formula is C16H22N4O2. The molecule has 0 bridgehead atoms. The quantitative estimate of drug-likeness (QED) is 0.843. The van der Waals surface area contributed by atoms with Gasteiger partial charge in [0.15, 0.2) is 0 Å². The summed E-state index contributed by atoms with van der Waals surface area (Å²) in [7, 11) is 2.03. The Balaban J connectivity index is 1.81. The Kier molecular flexibility index (Phi) is 4.70. The van der Waals surface area contributed by atoms with Crippen LogP contribution in [0.1, 0.15) is 24.4 Å². The van der Waals surface area contributed by atoms with Crippen LogP contribution in [0, 0.1) is 0 Å². The standard InChI is InChI=1S/C16H22N4O2/c1-3-19(2)15-4-6-17-16(18-15)14-12-22-9-7-20(14)10-13-5-8-21-11-13/h4-6,8,11,14H,3,7,9-10,12H2,1-2H3/t14-/m0/s1. The Labute approximate surface area is 130 Å². The van der Waals surface area contributed by atoms with Crippen LogP contribution < -0.4 is 4.90 Å². The van der Waals surface area contributed by atoms with Crippen LogP contribution >= 0.6 is 0 Å². The highest BCUT2D eigenvalue weighted by Gasteiger charge is 2.27. The zero-order chi connectivity index (χ0) is 15.4. The first-order chi connectivity index (χ1) is 10.8. The van der Waals surface area contributed by atoms with E-state index in [-0.39, 0.29) is 6.04 Å². The van der Waals surface area contributed by atoms with Crippen LogP contribution in [0.3, 0.4) is 0 Å². The number of hydrogen-bond donors (Lipinski definition) is 0. The molecule has 0 aromatic carbocycles. The molecule has 118 valence electrons. The van der Waals surface area contributed by atoms with Gasteiger partial charge in [0.2, 0.25) is 0 Å². The van der Waals surface area contributed by atoms with Crippen LogP contribution in [0.5, 0.6) is 0 Å². The summed E-state index contributed by atoms with van der Waals surface area (Å²) < 4.78 is 10.8. The van der Waals surface area contributed by atoms with Crippen LogP contribution in [0.2, 0.25) is 0 Å². The predicted octanol–water partition coefficient (Wildman–Crippen LogP) is 2.10. The highest BCUT2D eigenvalue weighted by Crippen LogP contribution is 2.24. The second kappa shape index (κ2) is 6.89. The third-order valence-electron chi connectivity index (χ3n) is 4.03. The molecule has 22 heavy (non-hydrogen) atoms. The number of nitrogens with zero attached hydrogens (tertiary/aromatic N) is 4. The average molecular weight is 302 g/mol. The molecule has 0 saturated carbocycles. The highest BCUT2D eigenvalue weighted by molar-refractivity contribution is 5.36. The molecule has 1 aliphatic heterocycles. The molecule has 0 aliphatic carbocycles. The van der Waals surface area contributed by atoms with Gasteiger partial charge in [0.05, 0.1) is 31.8 Å². The van der Waals surface area contributed by atoms with E-state index >= 15 is 0 Å². The minimum atomic E-state index is 0.0776. The van der Waals surface area contributed by atoms with Crippen molar-refractivity contribution in [2.24, 2.45) is 0 Å². The third-order valence-corrected chi connectivity index (χ3v) is 4.03. The maximum absolute atomic E-state index is 5.65. The normalized spacial score (nSPS) is 19.3. The fourth-order valence-corrected chi connectivity index (χ4v) is 2.58. The highest BCUT2D eigenvalue weighted by atomic mass is 16.5. The number of anilines is 1. The summed E-state index contributed by atoms with van der Waals surface area (Å²) in [6, 6.07) is 4.01. The molecule has 3 heterocycles. The van der Waals surface area contributed by atoms with Crippen molar-refractivity contribution in [1.82, 2.24) is 14.9 Å². The van der Waals surface area contributed by atoms with Gasteiger partial charge in [-0.05, 0) is 19.1 Å². The lowest BCUT2D eigenvalue weighted by Crippen LogP contribution is -2.40. The largest absolute Gasteiger partial charge is 0.472 e. The summed E-state index contributed by atoms with van der Waals surface area (Å²) >= 11 is 0.